The van der Waals surface area contributed by atoms with Crippen LogP contribution in [0.15, 0.2) is 0 Å². The van der Waals surface area contributed by atoms with Crippen molar-refractivity contribution in [3.63, 3.8) is 0 Å². The van der Waals surface area contributed by atoms with E-state index in [-0.39, 0.29) is 27.2 Å². The molecule has 0 aromatic carbocycles. The van der Waals surface area contributed by atoms with Crippen LogP contribution >= 0.6 is 0 Å². The van der Waals surface area contributed by atoms with Gasteiger partial charge in [-0.25, -0.2) is 0 Å². The van der Waals surface area contributed by atoms with Gasteiger partial charge >= 0.3 is 21.7 Å². The van der Waals surface area contributed by atoms with Crippen molar-refractivity contribution in [1.82, 2.24) is 0 Å². The van der Waals surface area contributed by atoms with Crippen LogP contribution in [0.4, 0.5) is 0 Å². The average molecular weight is 123 g/mol. The predicted octanol–water partition coefficient (Wildman–Crippen LogP) is -0.366. The van der Waals surface area contributed by atoms with Gasteiger partial charge in [0.2, 0.25) is 0 Å². The van der Waals surface area contributed by atoms with E-state index in [1.807, 2.05) is 0 Å². The van der Waals surface area contributed by atoms with Gasteiger partial charge in [0.05, 0.1) is 0 Å². The van der Waals surface area contributed by atoms with Crippen molar-refractivity contribution in [1.29, 1.82) is 0 Å². The largest absolute Gasteiger partial charge is 3.00 e. The van der Waals surface area contributed by atoms with Crippen molar-refractivity contribution in [2.75, 3.05) is 0 Å². The molecule has 0 aliphatic rings. The fourth-order valence-electron chi connectivity index (χ4n) is 0. The molecule has 35 valence electrons. The number of rotatable bonds is 0. The monoisotopic (exact) mass is 123 g/mol. The molecule has 0 N–H and O–H groups in total. The number of hydrogen-bond donors (Lipinski definition) is 0. The van der Waals surface area contributed by atoms with Gasteiger partial charge in [-0.2, -0.15) is 0 Å². The number of hydrogen-bond acceptors (Lipinski definition) is 1. The molecule has 0 aromatic rings. The van der Waals surface area contributed by atoms with Gasteiger partial charge in [0.25, 0.3) is 0 Å². The Morgan fingerprint density at radius 3 is 1.33 bits per heavy atom. The molecule has 0 spiro atoms. The van der Waals surface area contributed by atoms with Crippen molar-refractivity contribution < 1.29 is 32.3 Å². The van der Waals surface area contributed by atoms with E-state index in [1.165, 1.54) is 0 Å². The van der Waals surface area contributed by atoms with E-state index in [4.69, 9.17) is 0 Å². The molecule has 0 atom stereocenters. The Morgan fingerprint density at radius 1 is 1.33 bits per heavy atom. The van der Waals surface area contributed by atoms with E-state index >= 15 is 0 Å². The first-order chi connectivity index (χ1) is 1.73. The van der Waals surface area contributed by atoms with Crippen LogP contribution in [0.5, 0.6) is 0 Å². The molecule has 3 heteroatoms. The Balaban J connectivity index is -0.0000000450. The second-order valence-electron chi connectivity index (χ2n) is 1.05. The Labute approximate surface area is 52.8 Å². The van der Waals surface area contributed by atoms with Crippen LogP contribution < -0.4 is 5.11 Å². The van der Waals surface area contributed by atoms with Gasteiger partial charge < -0.3 is 10.6 Å². The van der Waals surface area contributed by atoms with Crippen LogP contribution in [-0.2, 0) is 27.2 Å². The zero-order chi connectivity index (χ0) is 3.58. The van der Waals surface area contributed by atoms with E-state index in [0.29, 0.717) is 0 Å². The predicted molar refractivity (Wildman–Crippen MR) is 15.8 cm³/mol. The second kappa shape index (κ2) is 9.16. The summed E-state index contributed by atoms with van der Waals surface area (Å²) >= 11 is 0. The topological polar surface area (TPSA) is 51.6 Å². The summed E-state index contributed by atoms with van der Waals surface area (Å²) < 4.78 is 0. The SMILES string of the molecule is CC(C)[O-].[O-2].[Ti+3]. The first-order valence-electron chi connectivity index (χ1n) is 1.39. The van der Waals surface area contributed by atoms with Gasteiger partial charge in [-0.3, -0.25) is 0 Å². The van der Waals surface area contributed by atoms with Gasteiger partial charge in [-0.15, -0.1) is 6.10 Å². The fraction of sp³-hybridized carbons (Fsp3) is 1.00. The summed E-state index contributed by atoms with van der Waals surface area (Å²) in [5.74, 6) is 0. The molecule has 0 saturated heterocycles. The Hall–Kier alpha value is 0.634. The first kappa shape index (κ1) is 15.9. The Kier molecular flexibility index (Phi) is 24.3. The van der Waals surface area contributed by atoms with E-state index in [1.54, 1.807) is 13.8 Å². The standard InChI is InChI=1S/C3H7O.O.Ti/c1-3(2)4;;/h3H,1-2H3;;/q-1;-2;+3. The average Bonchev–Trinajstić information content (AvgIpc) is 0.811. The molecule has 6 heavy (non-hydrogen) atoms. The van der Waals surface area contributed by atoms with E-state index in [9.17, 15) is 5.11 Å². The molecule has 0 saturated carbocycles. The molecule has 0 amide bonds. The van der Waals surface area contributed by atoms with Crippen LogP contribution in [0.1, 0.15) is 13.8 Å². The van der Waals surface area contributed by atoms with Crippen molar-refractivity contribution in [2.24, 2.45) is 0 Å². The van der Waals surface area contributed by atoms with Gasteiger partial charge in [0.15, 0.2) is 0 Å². The summed E-state index contributed by atoms with van der Waals surface area (Å²) in [6.45, 7) is 3.22. The van der Waals surface area contributed by atoms with Crippen molar-refractivity contribution in [3.8, 4) is 0 Å². The summed E-state index contributed by atoms with van der Waals surface area (Å²) in [5.41, 5.74) is 0. The van der Waals surface area contributed by atoms with Crippen LogP contribution in [0.2, 0.25) is 0 Å². The van der Waals surface area contributed by atoms with Crippen LogP contribution in [0, 0.1) is 0 Å². The molecule has 0 rings (SSSR count). The first-order valence-corrected chi connectivity index (χ1v) is 1.39. The molecule has 0 unspecified atom stereocenters. The zero-order valence-electron chi connectivity index (χ0n) is 3.89. The fourth-order valence-corrected chi connectivity index (χ4v) is 0. The van der Waals surface area contributed by atoms with Crippen LogP contribution in [-0.4, -0.2) is 6.10 Å². The molecule has 0 aliphatic carbocycles. The van der Waals surface area contributed by atoms with E-state index < -0.39 is 6.10 Å². The molecule has 2 nitrogen and oxygen atoms in total. The Bertz CT molecular complexity index is 13.5. The summed E-state index contributed by atoms with van der Waals surface area (Å²) in [6, 6.07) is 0. The maximum absolute atomic E-state index is 9.53. The molecular weight excluding hydrogens is 116 g/mol. The minimum atomic E-state index is -0.417. The Morgan fingerprint density at radius 2 is 1.33 bits per heavy atom. The molecule has 0 heterocycles. The third kappa shape index (κ3) is 152. The van der Waals surface area contributed by atoms with Gasteiger partial charge in [-0.05, 0) is 0 Å². The van der Waals surface area contributed by atoms with Gasteiger partial charge in [0.1, 0.15) is 0 Å². The van der Waals surface area contributed by atoms with Crippen LogP contribution in [0.25, 0.3) is 0 Å². The van der Waals surface area contributed by atoms with Crippen molar-refractivity contribution >= 4 is 0 Å². The zero-order valence-corrected chi connectivity index (χ0v) is 5.46. The molecule has 0 aliphatic heterocycles. The minimum Gasteiger partial charge on any atom is -2.00 e. The van der Waals surface area contributed by atoms with Crippen molar-refractivity contribution in [2.45, 2.75) is 20.0 Å². The van der Waals surface area contributed by atoms with Crippen LogP contribution in [0.3, 0.4) is 0 Å². The summed E-state index contributed by atoms with van der Waals surface area (Å²) in [6.07, 6.45) is -0.417. The normalized spacial score (nSPS) is 6.00. The van der Waals surface area contributed by atoms with Gasteiger partial charge in [0, 0.05) is 0 Å². The molecule has 0 aromatic heterocycles. The quantitative estimate of drug-likeness (QED) is 0.405. The smallest absolute Gasteiger partial charge is 2.00 e. The summed E-state index contributed by atoms with van der Waals surface area (Å²) in [4.78, 5) is 0. The van der Waals surface area contributed by atoms with Crippen molar-refractivity contribution in [3.05, 3.63) is 0 Å². The molecule has 1 radical (unpaired) electrons. The molecular formula is C3H7O2Ti. The maximum Gasteiger partial charge on any atom is 3.00 e. The van der Waals surface area contributed by atoms with Gasteiger partial charge in [-0.1, -0.05) is 13.8 Å². The van der Waals surface area contributed by atoms with E-state index in [0.717, 1.165) is 0 Å². The second-order valence-corrected chi connectivity index (χ2v) is 1.05. The minimum absolute atomic E-state index is 0. The maximum atomic E-state index is 9.53. The molecule has 0 bridgehead atoms. The van der Waals surface area contributed by atoms with E-state index in [2.05, 4.69) is 0 Å². The summed E-state index contributed by atoms with van der Waals surface area (Å²) in [5, 5.41) is 9.53. The third-order valence-electron chi connectivity index (χ3n) is 0. The molecule has 0 fully saturated rings. The summed E-state index contributed by atoms with van der Waals surface area (Å²) in [7, 11) is 0. The third-order valence-corrected chi connectivity index (χ3v) is 0.